The van der Waals surface area contributed by atoms with Crippen LogP contribution in [0.25, 0.3) is 0 Å². The van der Waals surface area contributed by atoms with E-state index in [1.54, 1.807) is 0 Å². The van der Waals surface area contributed by atoms with Gasteiger partial charge in [0.05, 0.1) is 0 Å². The molecule has 0 fully saturated rings. The SMILES string of the molecule is O=P(c1ccccc1)(c1ccccc1)N(CN(c1ccccc1)P(=O)(c1ccccc1)c1ccccc1)c1ccccc1. The third-order valence-corrected chi connectivity index (χ3v) is 13.5. The molecule has 0 spiro atoms. The van der Waals surface area contributed by atoms with E-state index < -0.39 is 14.6 Å². The summed E-state index contributed by atoms with van der Waals surface area (Å²) in [7, 11) is -7.03. The van der Waals surface area contributed by atoms with Gasteiger partial charge in [-0.3, -0.25) is 18.5 Å². The zero-order valence-electron chi connectivity index (χ0n) is 23.6. The van der Waals surface area contributed by atoms with Crippen LogP contribution in [-0.2, 0) is 9.13 Å². The minimum atomic E-state index is -3.51. The molecular weight excluding hydrogens is 566 g/mol. The number of nitrogens with zero attached hydrogens (tertiary/aromatic N) is 2. The molecule has 43 heavy (non-hydrogen) atoms. The van der Waals surface area contributed by atoms with E-state index in [4.69, 9.17) is 0 Å². The largest absolute Gasteiger partial charge is 0.297 e. The Morgan fingerprint density at radius 1 is 0.326 bits per heavy atom. The highest BCUT2D eigenvalue weighted by molar-refractivity contribution is 7.81. The Hall–Kier alpha value is -4.62. The van der Waals surface area contributed by atoms with Crippen molar-refractivity contribution in [2.45, 2.75) is 0 Å². The molecule has 6 aromatic carbocycles. The Kier molecular flexibility index (Phi) is 8.43. The second-order valence-corrected chi connectivity index (χ2v) is 15.4. The Morgan fingerprint density at radius 3 is 0.767 bits per heavy atom. The average Bonchev–Trinajstić information content (AvgIpc) is 3.10. The van der Waals surface area contributed by atoms with Crippen LogP contribution in [0.5, 0.6) is 0 Å². The summed E-state index contributed by atoms with van der Waals surface area (Å²) in [5.74, 6) is 0. The van der Waals surface area contributed by atoms with Crippen molar-refractivity contribution in [3.8, 4) is 0 Å². The standard InChI is InChI=1S/C37H32N2O2P2/c40-42(34-23-11-3-12-24-34,35-25-13-4-14-26-35)38(32-19-7-1-8-20-32)31-39(33-21-9-2-10-22-33)43(41,36-27-15-5-16-28-36)37-29-17-6-18-30-37/h1-30H,31H2. The van der Waals surface area contributed by atoms with Crippen LogP contribution in [-0.4, -0.2) is 6.67 Å². The first-order valence-corrected chi connectivity index (χ1v) is 17.5. The highest BCUT2D eigenvalue weighted by Crippen LogP contribution is 2.55. The van der Waals surface area contributed by atoms with Gasteiger partial charge >= 0.3 is 0 Å². The molecule has 0 aromatic heterocycles. The Balaban J connectivity index is 1.64. The molecule has 4 nitrogen and oxygen atoms in total. The van der Waals surface area contributed by atoms with Crippen molar-refractivity contribution in [3.05, 3.63) is 182 Å². The van der Waals surface area contributed by atoms with Crippen molar-refractivity contribution in [1.29, 1.82) is 0 Å². The molecule has 0 saturated heterocycles. The van der Waals surface area contributed by atoms with Crippen molar-refractivity contribution in [2.24, 2.45) is 0 Å². The molecule has 0 aliphatic carbocycles. The number of hydrogen-bond acceptors (Lipinski definition) is 2. The van der Waals surface area contributed by atoms with E-state index in [-0.39, 0.29) is 6.67 Å². The second-order valence-electron chi connectivity index (χ2n) is 10.1. The fourth-order valence-electron chi connectivity index (χ4n) is 5.37. The summed E-state index contributed by atoms with van der Waals surface area (Å²) in [6.45, 7) is 0.0934. The van der Waals surface area contributed by atoms with E-state index in [9.17, 15) is 0 Å². The maximum atomic E-state index is 15.9. The van der Waals surface area contributed by atoms with Gasteiger partial charge in [-0.15, -0.1) is 0 Å². The van der Waals surface area contributed by atoms with Gasteiger partial charge in [-0.05, 0) is 72.8 Å². The monoisotopic (exact) mass is 598 g/mol. The molecular formula is C37H32N2O2P2. The summed E-state index contributed by atoms with van der Waals surface area (Å²) in [4.78, 5) is 0. The first-order valence-electron chi connectivity index (χ1n) is 14.2. The van der Waals surface area contributed by atoms with Gasteiger partial charge in [-0.25, -0.2) is 0 Å². The van der Waals surface area contributed by atoms with Gasteiger partial charge in [-0.1, -0.05) is 109 Å². The molecule has 0 saturated carbocycles. The minimum Gasteiger partial charge on any atom is -0.297 e. The lowest BCUT2D eigenvalue weighted by Crippen LogP contribution is -2.43. The predicted octanol–water partition coefficient (Wildman–Crippen LogP) is 7.82. The summed E-state index contributed by atoms with van der Waals surface area (Å²) >= 11 is 0. The molecule has 0 N–H and O–H groups in total. The fraction of sp³-hybridized carbons (Fsp3) is 0.0270. The van der Waals surface area contributed by atoms with E-state index in [1.807, 2.05) is 191 Å². The first kappa shape index (κ1) is 28.5. The number of hydrogen-bond donors (Lipinski definition) is 0. The Morgan fingerprint density at radius 2 is 0.535 bits per heavy atom. The Labute approximate surface area is 253 Å². The minimum absolute atomic E-state index is 0.0934. The van der Waals surface area contributed by atoms with Gasteiger partial charge in [0.25, 0.3) is 0 Å². The van der Waals surface area contributed by atoms with Crippen LogP contribution < -0.4 is 30.6 Å². The zero-order chi connectivity index (χ0) is 29.5. The van der Waals surface area contributed by atoms with Crippen molar-refractivity contribution in [2.75, 3.05) is 16.0 Å². The van der Waals surface area contributed by atoms with Crippen LogP contribution in [0.2, 0.25) is 0 Å². The van der Waals surface area contributed by atoms with Crippen molar-refractivity contribution < 1.29 is 9.13 Å². The molecule has 0 aliphatic rings. The van der Waals surface area contributed by atoms with Crippen LogP contribution in [0.15, 0.2) is 182 Å². The number of benzene rings is 6. The molecule has 6 rings (SSSR count). The lowest BCUT2D eigenvalue weighted by atomic mass is 10.3. The first-order chi connectivity index (χ1) is 21.1. The maximum absolute atomic E-state index is 15.9. The molecule has 0 unspecified atom stereocenters. The summed E-state index contributed by atoms with van der Waals surface area (Å²) in [6.07, 6.45) is 0. The van der Waals surface area contributed by atoms with Gasteiger partial charge in [0.15, 0.2) is 0 Å². The van der Waals surface area contributed by atoms with Crippen molar-refractivity contribution in [1.82, 2.24) is 0 Å². The third-order valence-electron chi connectivity index (χ3n) is 7.48. The topological polar surface area (TPSA) is 40.6 Å². The van der Waals surface area contributed by atoms with Crippen LogP contribution in [0.3, 0.4) is 0 Å². The molecule has 0 radical (unpaired) electrons. The van der Waals surface area contributed by atoms with Crippen molar-refractivity contribution in [3.63, 3.8) is 0 Å². The van der Waals surface area contributed by atoms with E-state index in [1.165, 1.54) is 0 Å². The highest BCUT2D eigenvalue weighted by atomic mass is 31.2. The van der Waals surface area contributed by atoms with Crippen LogP contribution in [0.1, 0.15) is 0 Å². The van der Waals surface area contributed by atoms with Crippen LogP contribution in [0.4, 0.5) is 11.4 Å². The van der Waals surface area contributed by atoms with E-state index in [2.05, 4.69) is 0 Å². The predicted molar refractivity (Wildman–Crippen MR) is 182 cm³/mol. The van der Waals surface area contributed by atoms with Gasteiger partial charge in [0.2, 0.25) is 14.6 Å². The van der Waals surface area contributed by atoms with E-state index in [0.717, 1.165) is 11.4 Å². The zero-order valence-corrected chi connectivity index (χ0v) is 25.4. The summed E-state index contributed by atoms with van der Waals surface area (Å²) in [6, 6.07) is 58.0. The number of anilines is 2. The highest BCUT2D eigenvalue weighted by Gasteiger charge is 2.41. The summed E-state index contributed by atoms with van der Waals surface area (Å²) in [5, 5.41) is 2.80. The number of para-hydroxylation sites is 2. The third kappa shape index (κ3) is 5.60. The molecule has 6 heteroatoms. The molecule has 0 heterocycles. The lowest BCUT2D eigenvalue weighted by Gasteiger charge is -2.42. The van der Waals surface area contributed by atoms with E-state index >= 15 is 9.13 Å². The molecule has 0 atom stereocenters. The van der Waals surface area contributed by atoms with Crippen LogP contribution in [0, 0.1) is 0 Å². The van der Waals surface area contributed by atoms with Gasteiger partial charge in [-0.2, -0.15) is 0 Å². The molecule has 0 bridgehead atoms. The van der Waals surface area contributed by atoms with Crippen LogP contribution >= 0.6 is 14.6 Å². The lowest BCUT2D eigenvalue weighted by molar-refractivity contribution is 0.580. The smallest absolute Gasteiger partial charge is 0.231 e. The van der Waals surface area contributed by atoms with Gasteiger partial charge in [0, 0.05) is 32.6 Å². The van der Waals surface area contributed by atoms with Gasteiger partial charge < -0.3 is 0 Å². The summed E-state index contributed by atoms with van der Waals surface area (Å²) in [5.41, 5.74) is 1.54. The van der Waals surface area contributed by atoms with E-state index in [0.29, 0.717) is 21.2 Å². The fourth-order valence-corrected chi connectivity index (χ4v) is 11.0. The normalized spacial score (nSPS) is 11.5. The molecule has 6 aromatic rings. The van der Waals surface area contributed by atoms with Crippen molar-refractivity contribution >= 4 is 47.2 Å². The maximum Gasteiger partial charge on any atom is 0.231 e. The molecule has 0 amide bonds. The van der Waals surface area contributed by atoms with Gasteiger partial charge in [0.1, 0.15) is 6.67 Å². The Bertz CT molecular complexity index is 1610. The number of rotatable bonds is 10. The molecule has 212 valence electrons. The average molecular weight is 599 g/mol. The molecule has 0 aliphatic heterocycles. The summed E-state index contributed by atoms with van der Waals surface area (Å²) < 4.78 is 35.7. The quantitative estimate of drug-likeness (QED) is 0.119. The second kappa shape index (κ2) is 12.7.